The van der Waals surface area contributed by atoms with E-state index in [0.717, 1.165) is 11.1 Å². The molecule has 0 aliphatic heterocycles. The van der Waals surface area contributed by atoms with Crippen LogP contribution in [0.3, 0.4) is 0 Å². The van der Waals surface area contributed by atoms with Gasteiger partial charge in [0.2, 0.25) is 0 Å². The fraction of sp³-hybridized carbons (Fsp3) is 0.154. The highest BCUT2D eigenvalue weighted by atomic mass is 35.5. The van der Waals surface area contributed by atoms with Crippen LogP contribution in [0.2, 0.25) is 5.02 Å². The molecule has 16 heavy (non-hydrogen) atoms. The molecule has 0 aliphatic rings. The molecule has 2 rings (SSSR count). The second-order valence-corrected chi connectivity index (χ2v) is 4.16. The van der Waals surface area contributed by atoms with Gasteiger partial charge in [-0.05, 0) is 43.2 Å². The normalized spacial score (nSPS) is 10.4. The molecule has 0 aliphatic carbocycles. The van der Waals surface area contributed by atoms with Crippen LogP contribution in [0.5, 0.6) is 0 Å². The second-order valence-electron chi connectivity index (χ2n) is 3.76. The first-order chi connectivity index (χ1) is 7.59. The largest absolute Gasteiger partial charge is 0.472 e. The van der Waals surface area contributed by atoms with E-state index in [-0.39, 0.29) is 5.78 Å². The molecular weight excluding hydrogens is 224 g/mol. The van der Waals surface area contributed by atoms with Gasteiger partial charge in [-0.2, -0.15) is 0 Å². The lowest BCUT2D eigenvalue weighted by atomic mass is 10.0. The van der Waals surface area contributed by atoms with Crippen LogP contribution in [0.1, 0.15) is 27.0 Å². The number of carbonyl (C=O) groups excluding carboxylic acids is 1. The minimum absolute atomic E-state index is 0.109. The summed E-state index contributed by atoms with van der Waals surface area (Å²) >= 11 is 6.06. The lowest BCUT2D eigenvalue weighted by Gasteiger charge is -2.06. The summed E-state index contributed by atoms with van der Waals surface area (Å²) in [5, 5.41) is 0.481. The first kappa shape index (κ1) is 11.0. The Morgan fingerprint density at radius 2 is 1.94 bits per heavy atom. The summed E-state index contributed by atoms with van der Waals surface area (Å²) in [7, 11) is 0. The molecule has 0 saturated heterocycles. The summed E-state index contributed by atoms with van der Waals surface area (Å²) in [5.41, 5.74) is 3.17. The molecule has 0 saturated carbocycles. The summed E-state index contributed by atoms with van der Waals surface area (Å²) in [6.07, 6.45) is 2.90. The van der Waals surface area contributed by atoms with Crippen LogP contribution in [0.4, 0.5) is 0 Å². The molecule has 1 heterocycles. The molecule has 3 heteroatoms. The lowest BCUT2D eigenvalue weighted by Crippen LogP contribution is -2.02. The van der Waals surface area contributed by atoms with Gasteiger partial charge in [-0.3, -0.25) is 4.79 Å². The standard InChI is InChI=1S/C13H11ClO2/c1-8-5-11(12(14)6-9(8)2)13(15)10-3-4-16-7-10/h3-7H,1-2H3. The molecular formula is C13H11ClO2. The summed E-state index contributed by atoms with van der Waals surface area (Å²) in [6, 6.07) is 5.26. The van der Waals surface area contributed by atoms with Crippen LogP contribution in [-0.2, 0) is 0 Å². The van der Waals surface area contributed by atoms with Crippen molar-refractivity contribution in [1.82, 2.24) is 0 Å². The van der Waals surface area contributed by atoms with Gasteiger partial charge in [0.1, 0.15) is 6.26 Å². The third-order valence-electron chi connectivity index (χ3n) is 2.61. The maximum Gasteiger partial charge on any atom is 0.197 e. The summed E-state index contributed by atoms with van der Waals surface area (Å²) in [4.78, 5) is 12.0. The van der Waals surface area contributed by atoms with E-state index in [9.17, 15) is 4.79 Å². The fourth-order valence-corrected chi connectivity index (χ4v) is 1.81. The van der Waals surface area contributed by atoms with Gasteiger partial charge in [0.25, 0.3) is 0 Å². The minimum Gasteiger partial charge on any atom is -0.472 e. The van der Waals surface area contributed by atoms with E-state index in [0.29, 0.717) is 16.1 Å². The molecule has 1 aromatic carbocycles. The highest BCUT2D eigenvalue weighted by molar-refractivity contribution is 6.35. The third-order valence-corrected chi connectivity index (χ3v) is 2.92. The first-order valence-electron chi connectivity index (χ1n) is 4.93. The van der Waals surface area contributed by atoms with Gasteiger partial charge < -0.3 is 4.42 Å². The van der Waals surface area contributed by atoms with Crippen molar-refractivity contribution in [3.8, 4) is 0 Å². The highest BCUT2D eigenvalue weighted by Crippen LogP contribution is 2.23. The van der Waals surface area contributed by atoms with Gasteiger partial charge in [-0.15, -0.1) is 0 Å². The molecule has 2 nitrogen and oxygen atoms in total. The van der Waals surface area contributed by atoms with Crippen molar-refractivity contribution >= 4 is 17.4 Å². The SMILES string of the molecule is Cc1cc(Cl)c(C(=O)c2ccoc2)cc1C. The fourth-order valence-electron chi connectivity index (χ4n) is 1.50. The molecule has 0 spiro atoms. The molecule has 2 aromatic rings. The van der Waals surface area contributed by atoms with Gasteiger partial charge in [-0.1, -0.05) is 11.6 Å². The highest BCUT2D eigenvalue weighted by Gasteiger charge is 2.14. The number of rotatable bonds is 2. The van der Waals surface area contributed by atoms with Crippen molar-refractivity contribution in [2.75, 3.05) is 0 Å². The zero-order valence-corrected chi connectivity index (χ0v) is 9.84. The van der Waals surface area contributed by atoms with Crippen LogP contribution >= 0.6 is 11.6 Å². The molecule has 0 unspecified atom stereocenters. The summed E-state index contributed by atoms with van der Waals surface area (Å²) in [5.74, 6) is -0.109. The summed E-state index contributed by atoms with van der Waals surface area (Å²) < 4.78 is 4.89. The van der Waals surface area contributed by atoms with Gasteiger partial charge in [0.05, 0.1) is 16.8 Å². The number of aryl methyl sites for hydroxylation is 2. The zero-order chi connectivity index (χ0) is 11.7. The smallest absolute Gasteiger partial charge is 0.197 e. The number of benzene rings is 1. The monoisotopic (exact) mass is 234 g/mol. The van der Waals surface area contributed by atoms with Crippen LogP contribution in [0, 0.1) is 13.8 Å². The lowest BCUT2D eigenvalue weighted by molar-refractivity contribution is 0.103. The molecule has 0 bridgehead atoms. The van der Waals surface area contributed by atoms with Gasteiger partial charge in [-0.25, -0.2) is 0 Å². The number of halogens is 1. The molecule has 1 aromatic heterocycles. The second kappa shape index (κ2) is 4.14. The Morgan fingerprint density at radius 3 is 2.56 bits per heavy atom. The number of carbonyl (C=O) groups is 1. The average molecular weight is 235 g/mol. The molecule has 0 radical (unpaired) electrons. The van der Waals surface area contributed by atoms with Crippen LogP contribution in [0.15, 0.2) is 35.1 Å². The maximum atomic E-state index is 12.0. The van der Waals surface area contributed by atoms with E-state index >= 15 is 0 Å². The van der Waals surface area contributed by atoms with Gasteiger partial charge in [0.15, 0.2) is 5.78 Å². The van der Waals surface area contributed by atoms with E-state index in [2.05, 4.69) is 0 Å². The van der Waals surface area contributed by atoms with E-state index in [1.165, 1.54) is 12.5 Å². The molecule has 0 atom stereocenters. The maximum absolute atomic E-state index is 12.0. The van der Waals surface area contributed by atoms with E-state index in [1.807, 2.05) is 26.0 Å². The van der Waals surface area contributed by atoms with Gasteiger partial charge in [0, 0.05) is 5.56 Å². The Hall–Kier alpha value is -1.54. The topological polar surface area (TPSA) is 30.2 Å². The van der Waals surface area contributed by atoms with Crippen molar-refractivity contribution in [3.05, 3.63) is 58.0 Å². The van der Waals surface area contributed by atoms with Crippen molar-refractivity contribution in [2.45, 2.75) is 13.8 Å². The van der Waals surface area contributed by atoms with E-state index in [1.54, 1.807) is 6.07 Å². The van der Waals surface area contributed by atoms with Crippen molar-refractivity contribution in [2.24, 2.45) is 0 Å². The van der Waals surface area contributed by atoms with E-state index < -0.39 is 0 Å². The quantitative estimate of drug-likeness (QED) is 0.741. The summed E-state index contributed by atoms with van der Waals surface area (Å²) in [6.45, 7) is 3.92. The van der Waals surface area contributed by atoms with Crippen LogP contribution in [-0.4, -0.2) is 5.78 Å². The van der Waals surface area contributed by atoms with Crippen molar-refractivity contribution in [3.63, 3.8) is 0 Å². The predicted octanol–water partition coefficient (Wildman–Crippen LogP) is 3.78. The Kier molecular flexibility index (Phi) is 2.84. The number of hydrogen-bond acceptors (Lipinski definition) is 2. The molecule has 0 fully saturated rings. The Bertz CT molecular complexity index is 527. The Morgan fingerprint density at radius 1 is 1.25 bits per heavy atom. The van der Waals surface area contributed by atoms with Crippen molar-refractivity contribution < 1.29 is 9.21 Å². The van der Waals surface area contributed by atoms with E-state index in [4.69, 9.17) is 16.0 Å². The Labute approximate surface area is 98.8 Å². The van der Waals surface area contributed by atoms with Crippen LogP contribution in [0.25, 0.3) is 0 Å². The first-order valence-corrected chi connectivity index (χ1v) is 5.31. The zero-order valence-electron chi connectivity index (χ0n) is 9.08. The van der Waals surface area contributed by atoms with Crippen molar-refractivity contribution in [1.29, 1.82) is 0 Å². The average Bonchev–Trinajstić information content (AvgIpc) is 2.75. The minimum atomic E-state index is -0.109. The van der Waals surface area contributed by atoms with Gasteiger partial charge >= 0.3 is 0 Å². The number of furan rings is 1. The van der Waals surface area contributed by atoms with Crippen LogP contribution < -0.4 is 0 Å². The molecule has 82 valence electrons. The molecule has 0 amide bonds. The predicted molar refractivity (Wildman–Crippen MR) is 63.1 cm³/mol. The number of hydrogen-bond donors (Lipinski definition) is 0. The molecule has 0 N–H and O–H groups in total. The number of ketones is 1. The third kappa shape index (κ3) is 1.89. The Balaban J connectivity index is 2.49.